The average molecular weight is 331 g/mol. The van der Waals surface area contributed by atoms with Gasteiger partial charge in [-0.2, -0.15) is 0 Å². The molecule has 0 aromatic heterocycles. The van der Waals surface area contributed by atoms with Crippen molar-refractivity contribution in [1.82, 2.24) is 0 Å². The lowest BCUT2D eigenvalue weighted by atomic mass is 9.48. The Labute approximate surface area is 147 Å². The Bertz CT molecular complexity index is 550. The molecule has 0 amide bonds. The van der Waals surface area contributed by atoms with Crippen LogP contribution in [0.25, 0.3) is 0 Å². The molecule has 3 saturated carbocycles. The van der Waals surface area contributed by atoms with Crippen LogP contribution in [-0.4, -0.2) is 17.0 Å². The van der Waals surface area contributed by atoms with Crippen molar-refractivity contribution in [2.45, 2.75) is 78.2 Å². The molecule has 0 aromatic carbocycles. The van der Waals surface area contributed by atoms with E-state index >= 15 is 0 Å². The van der Waals surface area contributed by atoms with Crippen molar-refractivity contribution in [3.63, 3.8) is 0 Å². The largest absolute Gasteiger partial charge is 0.393 e. The highest BCUT2D eigenvalue weighted by atomic mass is 16.3. The minimum Gasteiger partial charge on any atom is -0.393 e. The summed E-state index contributed by atoms with van der Waals surface area (Å²) in [6.07, 6.45) is 11.0. The van der Waals surface area contributed by atoms with Gasteiger partial charge in [0.15, 0.2) is 5.78 Å². The lowest BCUT2D eigenvalue weighted by Crippen LogP contribution is -2.51. The summed E-state index contributed by atoms with van der Waals surface area (Å²) in [6, 6.07) is 0. The van der Waals surface area contributed by atoms with Gasteiger partial charge >= 0.3 is 0 Å². The lowest BCUT2D eigenvalue weighted by Gasteiger charge is -2.57. The van der Waals surface area contributed by atoms with Crippen molar-refractivity contribution in [3.05, 3.63) is 11.6 Å². The Morgan fingerprint density at radius 2 is 2.08 bits per heavy atom. The number of carbonyl (C=O) groups excluding carboxylic acids is 1. The molecule has 0 spiro atoms. The molecule has 0 bridgehead atoms. The Morgan fingerprint density at radius 1 is 1.29 bits per heavy atom. The highest BCUT2D eigenvalue weighted by Crippen LogP contribution is 2.63. The van der Waals surface area contributed by atoms with E-state index in [-0.39, 0.29) is 17.8 Å². The van der Waals surface area contributed by atoms with Crippen LogP contribution in [0.15, 0.2) is 11.6 Å². The summed E-state index contributed by atoms with van der Waals surface area (Å²) in [5, 5.41) is 10.7. The van der Waals surface area contributed by atoms with Crippen molar-refractivity contribution in [2.24, 2.45) is 40.9 Å². The summed E-state index contributed by atoms with van der Waals surface area (Å²) in [4.78, 5) is 12.3. The number of fused-ring (bicyclic) bond motifs is 5. The van der Waals surface area contributed by atoms with Crippen molar-refractivity contribution in [1.29, 1.82) is 0 Å². The molecule has 3 fully saturated rings. The number of allylic oxidation sites excluding steroid dienone is 1. The zero-order valence-electron chi connectivity index (χ0n) is 15.6. The highest BCUT2D eigenvalue weighted by molar-refractivity contribution is 5.91. The summed E-state index contributed by atoms with van der Waals surface area (Å²) in [5.41, 5.74) is 1.96. The molecule has 2 heteroatoms. The van der Waals surface area contributed by atoms with Gasteiger partial charge in [0.05, 0.1) is 6.10 Å². The second kappa shape index (κ2) is 5.97. The maximum absolute atomic E-state index is 12.3. The van der Waals surface area contributed by atoms with Crippen LogP contribution in [0.2, 0.25) is 0 Å². The summed E-state index contributed by atoms with van der Waals surface area (Å²) in [7, 11) is 0. The first-order chi connectivity index (χ1) is 11.4. The van der Waals surface area contributed by atoms with Crippen molar-refractivity contribution in [2.75, 3.05) is 0 Å². The van der Waals surface area contributed by atoms with Crippen LogP contribution in [0.1, 0.15) is 72.1 Å². The van der Waals surface area contributed by atoms with Gasteiger partial charge in [0, 0.05) is 6.42 Å². The molecule has 4 aliphatic carbocycles. The second-order valence-corrected chi connectivity index (χ2v) is 9.67. The normalized spacial score (nSPS) is 49.0. The van der Waals surface area contributed by atoms with Gasteiger partial charge in [-0.3, -0.25) is 4.79 Å². The third-order valence-corrected chi connectivity index (χ3v) is 8.43. The number of aliphatic hydroxyl groups is 1. The van der Waals surface area contributed by atoms with E-state index in [1.807, 2.05) is 6.08 Å². The van der Waals surface area contributed by atoms with Crippen LogP contribution < -0.4 is 0 Å². The summed E-state index contributed by atoms with van der Waals surface area (Å²) in [6.45, 7) is 7.04. The van der Waals surface area contributed by atoms with E-state index in [4.69, 9.17) is 0 Å². The van der Waals surface area contributed by atoms with Crippen LogP contribution in [0, 0.1) is 40.9 Å². The SMILES string of the molecule is CCC(O)C1CC(=O)C=C2CC(C)[C@@H]3[C@H](CC[C@]4(C)CCC[C@@H]34)[C@H]21. The zero-order valence-corrected chi connectivity index (χ0v) is 15.6. The predicted octanol–water partition coefficient (Wildman–Crippen LogP) is 4.76. The fourth-order valence-corrected chi connectivity index (χ4v) is 7.42. The van der Waals surface area contributed by atoms with E-state index in [2.05, 4.69) is 20.8 Å². The van der Waals surface area contributed by atoms with Crippen LogP contribution >= 0.6 is 0 Å². The first-order valence-electron chi connectivity index (χ1n) is 10.4. The van der Waals surface area contributed by atoms with Crippen LogP contribution in [-0.2, 0) is 4.79 Å². The van der Waals surface area contributed by atoms with Gasteiger partial charge in [-0.15, -0.1) is 0 Å². The van der Waals surface area contributed by atoms with E-state index in [1.54, 1.807) is 0 Å². The Balaban J connectivity index is 1.71. The molecular weight excluding hydrogens is 296 g/mol. The first kappa shape index (κ1) is 16.8. The number of ketones is 1. The molecule has 0 radical (unpaired) electrons. The van der Waals surface area contributed by atoms with E-state index in [0.717, 1.165) is 24.7 Å². The molecule has 134 valence electrons. The van der Waals surface area contributed by atoms with Gasteiger partial charge in [-0.25, -0.2) is 0 Å². The monoisotopic (exact) mass is 330 g/mol. The second-order valence-electron chi connectivity index (χ2n) is 9.67. The van der Waals surface area contributed by atoms with Gasteiger partial charge < -0.3 is 5.11 Å². The molecular formula is C22H34O2. The Morgan fingerprint density at radius 3 is 2.83 bits per heavy atom. The predicted molar refractivity (Wildman–Crippen MR) is 96.4 cm³/mol. The molecule has 0 aromatic rings. The third-order valence-electron chi connectivity index (χ3n) is 8.43. The molecule has 24 heavy (non-hydrogen) atoms. The number of hydrogen-bond acceptors (Lipinski definition) is 2. The quantitative estimate of drug-likeness (QED) is 0.792. The molecule has 0 aliphatic heterocycles. The van der Waals surface area contributed by atoms with E-state index in [9.17, 15) is 9.90 Å². The van der Waals surface area contributed by atoms with Crippen molar-refractivity contribution < 1.29 is 9.90 Å². The lowest BCUT2D eigenvalue weighted by molar-refractivity contribution is -0.120. The number of aliphatic hydroxyl groups excluding tert-OH is 1. The van der Waals surface area contributed by atoms with E-state index in [0.29, 0.717) is 29.6 Å². The summed E-state index contributed by atoms with van der Waals surface area (Å²) in [5.74, 6) is 4.00. The van der Waals surface area contributed by atoms with Crippen molar-refractivity contribution in [3.8, 4) is 0 Å². The number of hydrogen-bond donors (Lipinski definition) is 1. The first-order valence-corrected chi connectivity index (χ1v) is 10.4. The van der Waals surface area contributed by atoms with E-state index in [1.165, 1.54) is 37.7 Å². The van der Waals surface area contributed by atoms with Crippen molar-refractivity contribution >= 4 is 5.78 Å². The van der Waals surface area contributed by atoms with Crippen LogP contribution in [0.3, 0.4) is 0 Å². The highest BCUT2D eigenvalue weighted by Gasteiger charge is 2.56. The minimum absolute atomic E-state index is 0.174. The fourth-order valence-electron chi connectivity index (χ4n) is 7.42. The smallest absolute Gasteiger partial charge is 0.156 e. The third kappa shape index (κ3) is 2.43. The van der Waals surface area contributed by atoms with Gasteiger partial charge in [0.2, 0.25) is 0 Å². The molecule has 1 N–H and O–H groups in total. The van der Waals surface area contributed by atoms with Gasteiger partial charge in [0.25, 0.3) is 0 Å². The summed E-state index contributed by atoms with van der Waals surface area (Å²) < 4.78 is 0. The van der Waals surface area contributed by atoms with Gasteiger partial charge in [-0.05, 0) is 85.5 Å². The molecule has 3 unspecified atom stereocenters. The summed E-state index contributed by atoms with van der Waals surface area (Å²) >= 11 is 0. The Kier molecular flexibility index (Phi) is 4.18. The minimum atomic E-state index is -0.311. The van der Waals surface area contributed by atoms with Crippen LogP contribution in [0.5, 0.6) is 0 Å². The topological polar surface area (TPSA) is 37.3 Å². The maximum Gasteiger partial charge on any atom is 0.156 e. The number of rotatable bonds is 2. The average Bonchev–Trinajstić information content (AvgIpc) is 2.94. The fraction of sp³-hybridized carbons (Fsp3) is 0.864. The maximum atomic E-state index is 12.3. The van der Waals surface area contributed by atoms with Crippen LogP contribution in [0.4, 0.5) is 0 Å². The Hall–Kier alpha value is -0.630. The van der Waals surface area contributed by atoms with Gasteiger partial charge in [-0.1, -0.05) is 32.8 Å². The molecule has 4 rings (SSSR count). The zero-order chi connectivity index (χ0) is 17.1. The standard InChI is InChI=1S/C22H34O2/c1-4-19(24)17-12-15(23)11-14-10-13(2)20-16(21(14)17)7-9-22(3)8-5-6-18(20)22/h11,13,16-21,24H,4-10,12H2,1-3H3/t13?,16-,17?,18-,19?,20+,21-,22-/m0/s1. The number of carbonyl (C=O) groups is 1. The molecule has 0 heterocycles. The van der Waals surface area contributed by atoms with E-state index < -0.39 is 0 Å². The molecule has 8 atom stereocenters. The molecule has 2 nitrogen and oxygen atoms in total. The molecule has 4 aliphatic rings. The van der Waals surface area contributed by atoms with Gasteiger partial charge in [0.1, 0.15) is 0 Å². The molecule has 0 saturated heterocycles.